The molecule has 0 aliphatic rings. The van der Waals surface area contributed by atoms with Gasteiger partial charge in [-0.05, 0) is 49.6 Å². The van der Waals surface area contributed by atoms with E-state index in [2.05, 4.69) is 11.4 Å². The molecule has 2 rings (SSSR count). The zero-order chi connectivity index (χ0) is 17.4. The van der Waals surface area contributed by atoms with Crippen LogP contribution < -0.4 is 14.8 Å². The van der Waals surface area contributed by atoms with Crippen LogP contribution >= 0.6 is 0 Å². The van der Waals surface area contributed by atoms with Gasteiger partial charge in [-0.3, -0.25) is 0 Å². The van der Waals surface area contributed by atoms with Crippen LogP contribution in [0.15, 0.2) is 48.5 Å². The molecule has 0 saturated heterocycles. The molecule has 0 heterocycles. The molecule has 24 heavy (non-hydrogen) atoms. The summed E-state index contributed by atoms with van der Waals surface area (Å²) in [6, 6.07) is 15.8. The highest BCUT2D eigenvalue weighted by Gasteiger charge is 2.15. The Morgan fingerprint density at radius 1 is 1.00 bits per heavy atom. The number of hydrogen-bond acceptors (Lipinski definition) is 4. The normalized spacial score (nSPS) is 13.3. The molecule has 2 atom stereocenters. The van der Waals surface area contributed by atoms with Gasteiger partial charge >= 0.3 is 0 Å². The van der Waals surface area contributed by atoms with Gasteiger partial charge in [-0.1, -0.05) is 36.4 Å². The quantitative estimate of drug-likeness (QED) is 0.693. The van der Waals surface area contributed by atoms with Crippen molar-refractivity contribution in [2.24, 2.45) is 0 Å². The number of hydrogen-bond donors (Lipinski definition) is 2. The van der Waals surface area contributed by atoms with Gasteiger partial charge in [0.2, 0.25) is 0 Å². The average Bonchev–Trinajstić information content (AvgIpc) is 2.64. The number of methoxy groups -OCH3 is 2. The average molecular weight is 329 g/mol. The molecule has 4 heteroatoms. The molecule has 2 unspecified atom stereocenters. The van der Waals surface area contributed by atoms with Crippen molar-refractivity contribution < 1.29 is 14.6 Å². The largest absolute Gasteiger partial charge is 0.493 e. The zero-order valence-electron chi connectivity index (χ0n) is 14.7. The van der Waals surface area contributed by atoms with Crippen LogP contribution in [0.25, 0.3) is 0 Å². The maximum atomic E-state index is 10.3. The number of ether oxygens (including phenoxy) is 2. The fraction of sp³-hybridized carbons (Fsp3) is 0.400. The molecular weight excluding hydrogens is 302 g/mol. The van der Waals surface area contributed by atoms with Crippen LogP contribution in [-0.4, -0.2) is 31.9 Å². The Hall–Kier alpha value is -2.04. The molecule has 0 spiro atoms. The number of benzene rings is 2. The third-order valence-corrected chi connectivity index (χ3v) is 4.17. The summed E-state index contributed by atoms with van der Waals surface area (Å²) in [4.78, 5) is 0. The molecule has 0 aromatic heterocycles. The minimum Gasteiger partial charge on any atom is -0.493 e. The molecule has 0 radical (unpaired) electrons. The summed E-state index contributed by atoms with van der Waals surface area (Å²) >= 11 is 0. The summed E-state index contributed by atoms with van der Waals surface area (Å²) in [5.74, 6) is 1.51. The van der Waals surface area contributed by atoms with Crippen molar-refractivity contribution in [3.63, 3.8) is 0 Å². The summed E-state index contributed by atoms with van der Waals surface area (Å²) in [6.45, 7) is 2.85. The van der Waals surface area contributed by atoms with E-state index in [0.29, 0.717) is 0 Å². The van der Waals surface area contributed by atoms with Crippen LogP contribution in [0.2, 0.25) is 0 Å². The minimum absolute atomic E-state index is 0.0119. The maximum absolute atomic E-state index is 10.3. The first kappa shape index (κ1) is 18.3. The van der Waals surface area contributed by atoms with E-state index in [-0.39, 0.29) is 6.04 Å². The summed E-state index contributed by atoms with van der Waals surface area (Å²) in [6.07, 6.45) is 1.44. The second-order valence-electron chi connectivity index (χ2n) is 5.89. The molecule has 2 aromatic carbocycles. The molecule has 2 aromatic rings. The van der Waals surface area contributed by atoms with Crippen LogP contribution in [0.5, 0.6) is 11.5 Å². The number of aliphatic hydroxyl groups excluding tert-OH is 1. The molecule has 0 bridgehead atoms. The Kier molecular flexibility index (Phi) is 7.09. The summed E-state index contributed by atoms with van der Waals surface area (Å²) < 4.78 is 10.6. The third kappa shape index (κ3) is 4.98. The van der Waals surface area contributed by atoms with Crippen molar-refractivity contribution in [2.45, 2.75) is 31.9 Å². The van der Waals surface area contributed by atoms with Crippen LogP contribution in [0.4, 0.5) is 0 Å². The van der Waals surface area contributed by atoms with Gasteiger partial charge in [-0.2, -0.15) is 0 Å². The highest BCUT2D eigenvalue weighted by molar-refractivity contribution is 5.42. The van der Waals surface area contributed by atoms with E-state index in [1.165, 1.54) is 5.56 Å². The lowest BCUT2D eigenvalue weighted by molar-refractivity contribution is 0.136. The second-order valence-corrected chi connectivity index (χ2v) is 5.89. The van der Waals surface area contributed by atoms with Crippen LogP contribution in [0.3, 0.4) is 0 Å². The van der Waals surface area contributed by atoms with E-state index < -0.39 is 6.10 Å². The smallest absolute Gasteiger partial charge is 0.160 e. The van der Waals surface area contributed by atoms with Crippen molar-refractivity contribution in [1.29, 1.82) is 0 Å². The Morgan fingerprint density at radius 3 is 2.38 bits per heavy atom. The van der Waals surface area contributed by atoms with Crippen LogP contribution in [-0.2, 0) is 6.42 Å². The lowest BCUT2D eigenvalue weighted by Gasteiger charge is -2.20. The topological polar surface area (TPSA) is 50.7 Å². The van der Waals surface area contributed by atoms with Gasteiger partial charge in [0.15, 0.2) is 11.5 Å². The molecular formula is C20H27NO3. The SMILES string of the molecule is COc1ccc(CCCNC(C)C(O)c2ccccc2)cc1OC. The zero-order valence-corrected chi connectivity index (χ0v) is 14.7. The fourth-order valence-electron chi connectivity index (χ4n) is 2.71. The Balaban J connectivity index is 1.78. The first-order valence-corrected chi connectivity index (χ1v) is 8.33. The Morgan fingerprint density at radius 2 is 1.71 bits per heavy atom. The van der Waals surface area contributed by atoms with Gasteiger partial charge < -0.3 is 19.9 Å². The minimum atomic E-state index is -0.493. The second kappa shape index (κ2) is 9.30. The van der Waals surface area contributed by atoms with Gasteiger partial charge in [0.25, 0.3) is 0 Å². The highest BCUT2D eigenvalue weighted by Crippen LogP contribution is 2.27. The van der Waals surface area contributed by atoms with Gasteiger partial charge in [-0.15, -0.1) is 0 Å². The van der Waals surface area contributed by atoms with Crippen molar-refractivity contribution in [3.05, 3.63) is 59.7 Å². The van der Waals surface area contributed by atoms with Crippen LogP contribution in [0.1, 0.15) is 30.6 Å². The van der Waals surface area contributed by atoms with Crippen molar-refractivity contribution in [1.82, 2.24) is 5.32 Å². The molecule has 0 aliphatic carbocycles. The highest BCUT2D eigenvalue weighted by atomic mass is 16.5. The van der Waals surface area contributed by atoms with Crippen molar-refractivity contribution in [3.8, 4) is 11.5 Å². The van der Waals surface area contributed by atoms with E-state index in [4.69, 9.17) is 9.47 Å². The molecule has 2 N–H and O–H groups in total. The summed E-state index contributed by atoms with van der Waals surface area (Å²) in [7, 11) is 3.29. The van der Waals surface area contributed by atoms with E-state index in [0.717, 1.165) is 36.4 Å². The number of aryl methyl sites for hydroxylation is 1. The predicted molar refractivity (Wildman–Crippen MR) is 96.7 cm³/mol. The Labute approximate surface area is 144 Å². The van der Waals surface area contributed by atoms with E-state index in [1.807, 2.05) is 49.4 Å². The first-order chi connectivity index (χ1) is 11.7. The van der Waals surface area contributed by atoms with Gasteiger partial charge in [0.1, 0.15) is 0 Å². The molecule has 0 aliphatic heterocycles. The van der Waals surface area contributed by atoms with Gasteiger partial charge in [-0.25, -0.2) is 0 Å². The monoisotopic (exact) mass is 329 g/mol. The molecule has 0 saturated carbocycles. The predicted octanol–water partition coefficient (Wildman–Crippen LogP) is 3.35. The van der Waals surface area contributed by atoms with E-state index in [1.54, 1.807) is 14.2 Å². The van der Waals surface area contributed by atoms with Crippen molar-refractivity contribution >= 4 is 0 Å². The van der Waals surface area contributed by atoms with Crippen molar-refractivity contribution in [2.75, 3.05) is 20.8 Å². The van der Waals surface area contributed by atoms with Gasteiger partial charge in [0.05, 0.1) is 20.3 Å². The maximum Gasteiger partial charge on any atom is 0.160 e. The number of aliphatic hydroxyl groups is 1. The first-order valence-electron chi connectivity index (χ1n) is 8.33. The molecule has 0 fully saturated rings. The van der Waals surface area contributed by atoms with E-state index >= 15 is 0 Å². The Bertz CT molecular complexity index is 616. The summed E-state index contributed by atoms with van der Waals surface area (Å²) in [5.41, 5.74) is 2.16. The molecule has 130 valence electrons. The molecule has 0 amide bonds. The number of nitrogens with one attached hydrogen (secondary N) is 1. The standard InChI is InChI=1S/C20H27NO3/c1-15(20(22)17-9-5-4-6-10-17)21-13-7-8-16-11-12-18(23-2)19(14-16)24-3/h4-6,9-12,14-15,20-22H,7-8,13H2,1-3H3. The number of rotatable bonds is 9. The lowest BCUT2D eigenvalue weighted by Crippen LogP contribution is -2.33. The third-order valence-electron chi connectivity index (χ3n) is 4.17. The summed E-state index contributed by atoms with van der Waals surface area (Å²) in [5, 5.41) is 13.7. The van der Waals surface area contributed by atoms with Gasteiger partial charge in [0, 0.05) is 6.04 Å². The lowest BCUT2D eigenvalue weighted by atomic mass is 10.0. The molecule has 4 nitrogen and oxygen atoms in total. The van der Waals surface area contributed by atoms with E-state index in [9.17, 15) is 5.11 Å². The van der Waals surface area contributed by atoms with Crippen LogP contribution in [0, 0.1) is 0 Å². The fourth-order valence-corrected chi connectivity index (χ4v) is 2.71.